The second-order valence-electron chi connectivity index (χ2n) is 10.0. The number of rotatable bonds is 7. The van der Waals surface area contributed by atoms with Crippen LogP contribution in [0.25, 0.3) is 16.5 Å². The topological polar surface area (TPSA) is 46.9 Å². The quantitative estimate of drug-likeness (QED) is 0.350. The number of hydrogen-bond acceptors (Lipinski definition) is 5. The van der Waals surface area contributed by atoms with Gasteiger partial charge >= 0.3 is 0 Å². The highest BCUT2D eigenvalue weighted by Gasteiger charge is 2.30. The molecule has 3 aromatic carbocycles. The first-order chi connectivity index (χ1) is 18.2. The SMILES string of the molecule is COc1cc(-n2ccc3cc(OCc4ccccc4)ccc3c2=O)ccc1N1CC[C@@H](N2CCCC2)C1. The molecule has 0 N–H and O–H groups in total. The first kappa shape index (κ1) is 23.6. The van der Waals surface area contributed by atoms with Crippen LogP contribution in [0, 0.1) is 0 Å². The van der Waals surface area contributed by atoms with Gasteiger partial charge in [0.1, 0.15) is 18.1 Å². The van der Waals surface area contributed by atoms with E-state index >= 15 is 0 Å². The fourth-order valence-electron chi connectivity index (χ4n) is 5.70. The van der Waals surface area contributed by atoms with Gasteiger partial charge in [0.25, 0.3) is 5.56 Å². The van der Waals surface area contributed by atoms with Gasteiger partial charge in [0.2, 0.25) is 0 Å². The number of hydrogen-bond donors (Lipinski definition) is 0. The molecular formula is C31H33N3O3. The monoisotopic (exact) mass is 495 g/mol. The van der Waals surface area contributed by atoms with Crippen LogP contribution in [-0.4, -0.2) is 48.8 Å². The van der Waals surface area contributed by atoms with Crippen molar-refractivity contribution in [2.75, 3.05) is 38.2 Å². The first-order valence-corrected chi connectivity index (χ1v) is 13.2. The van der Waals surface area contributed by atoms with E-state index in [-0.39, 0.29) is 5.56 Å². The lowest BCUT2D eigenvalue weighted by Gasteiger charge is -2.25. The lowest BCUT2D eigenvalue weighted by Crippen LogP contribution is -2.35. The second-order valence-corrected chi connectivity index (χ2v) is 10.0. The Hall–Kier alpha value is -3.77. The van der Waals surface area contributed by atoms with Crippen LogP contribution in [0.3, 0.4) is 0 Å². The van der Waals surface area contributed by atoms with Gasteiger partial charge in [-0.1, -0.05) is 30.3 Å². The van der Waals surface area contributed by atoms with Crippen molar-refractivity contribution in [3.05, 3.63) is 94.9 Å². The molecule has 37 heavy (non-hydrogen) atoms. The van der Waals surface area contributed by atoms with Crippen LogP contribution < -0.4 is 19.9 Å². The van der Waals surface area contributed by atoms with E-state index in [4.69, 9.17) is 9.47 Å². The molecule has 190 valence electrons. The molecule has 2 fully saturated rings. The van der Waals surface area contributed by atoms with Crippen molar-refractivity contribution >= 4 is 16.5 Å². The summed E-state index contributed by atoms with van der Waals surface area (Å²) >= 11 is 0. The maximum atomic E-state index is 13.4. The van der Waals surface area contributed by atoms with Crippen molar-refractivity contribution in [3.8, 4) is 17.2 Å². The third kappa shape index (κ3) is 4.81. The molecule has 0 spiro atoms. The molecular weight excluding hydrogens is 462 g/mol. The lowest BCUT2D eigenvalue weighted by atomic mass is 10.1. The maximum absolute atomic E-state index is 13.4. The molecule has 0 saturated carbocycles. The Balaban J connectivity index is 1.23. The number of anilines is 1. The second kappa shape index (κ2) is 10.3. The van der Waals surface area contributed by atoms with Crippen LogP contribution in [0.15, 0.2) is 83.8 Å². The highest BCUT2D eigenvalue weighted by atomic mass is 16.5. The lowest BCUT2D eigenvalue weighted by molar-refractivity contribution is 0.260. The Bertz CT molecular complexity index is 1440. The molecule has 2 saturated heterocycles. The van der Waals surface area contributed by atoms with Crippen LogP contribution >= 0.6 is 0 Å². The van der Waals surface area contributed by atoms with Crippen LogP contribution in [-0.2, 0) is 6.61 Å². The minimum atomic E-state index is -0.0582. The fraction of sp³-hybridized carbons (Fsp3) is 0.323. The summed E-state index contributed by atoms with van der Waals surface area (Å²) in [6.45, 7) is 4.99. The molecule has 0 aliphatic carbocycles. The van der Waals surface area contributed by atoms with E-state index < -0.39 is 0 Å². The standard InChI is InChI=1S/C31H33N3O3/c1-36-30-20-25(9-12-29(30)33-17-14-26(21-33)32-15-5-6-16-32)34-18-13-24-19-27(10-11-28(24)31(34)35)37-22-23-7-3-2-4-8-23/h2-4,7-13,18-20,26H,5-6,14-17,21-22H2,1H3/t26-/m1/s1. The van der Waals surface area contributed by atoms with Gasteiger partial charge in [0.15, 0.2) is 0 Å². The summed E-state index contributed by atoms with van der Waals surface area (Å²) in [6, 6.07) is 24.4. The molecule has 0 amide bonds. The molecule has 0 radical (unpaired) electrons. The molecule has 2 aliphatic heterocycles. The molecule has 6 heteroatoms. The number of fused-ring (bicyclic) bond motifs is 1. The van der Waals surface area contributed by atoms with Crippen LogP contribution in [0.5, 0.6) is 11.5 Å². The largest absolute Gasteiger partial charge is 0.495 e. The molecule has 6 rings (SSSR count). The Morgan fingerprint density at radius 2 is 1.76 bits per heavy atom. The van der Waals surface area contributed by atoms with Gasteiger partial charge in [-0.25, -0.2) is 0 Å². The van der Waals surface area contributed by atoms with Crippen molar-refractivity contribution in [2.24, 2.45) is 0 Å². The van der Waals surface area contributed by atoms with Gasteiger partial charge in [-0.3, -0.25) is 14.3 Å². The van der Waals surface area contributed by atoms with Crippen molar-refractivity contribution < 1.29 is 9.47 Å². The van der Waals surface area contributed by atoms with E-state index in [1.54, 1.807) is 11.7 Å². The third-order valence-electron chi connectivity index (χ3n) is 7.73. The number of pyridine rings is 1. The average molecular weight is 496 g/mol. The van der Waals surface area contributed by atoms with Crippen molar-refractivity contribution in [2.45, 2.75) is 31.9 Å². The van der Waals surface area contributed by atoms with Gasteiger partial charge in [-0.05, 0) is 79.7 Å². The molecule has 0 unspecified atom stereocenters. The summed E-state index contributed by atoms with van der Waals surface area (Å²) in [5.41, 5.74) is 2.95. The number of ether oxygens (including phenoxy) is 2. The maximum Gasteiger partial charge on any atom is 0.262 e. The number of aromatic nitrogens is 1. The fourth-order valence-corrected chi connectivity index (χ4v) is 5.70. The zero-order chi connectivity index (χ0) is 25.2. The number of benzene rings is 3. The molecule has 1 aromatic heterocycles. The Kier molecular flexibility index (Phi) is 6.58. The Morgan fingerprint density at radius 1 is 0.919 bits per heavy atom. The number of methoxy groups -OCH3 is 1. The van der Waals surface area contributed by atoms with Crippen LogP contribution in [0.2, 0.25) is 0 Å². The molecule has 1 atom stereocenters. The van der Waals surface area contributed by atoms with E-state index in [1.807, 2.05) is 72.9 Å². The normalized spacial score (nSPS) is 18.0. The summed E-state index contributed by atoms with van der Waals surface area (Å²) in [7, 11) is 1.71. The number of nitrogens with zero attached hydrogens (tertiary/aromatic N) is 3. The Morgan fingerprint density at radius 3 is 2.57 bits per heavy atom. The van der Waals surface area contributed by atoms with E-state index in [9.17, 15) is 4.79 Å². The van der Waals surface area contributed by atoms with E-state index in [0.29, 0.717) is 18.0 Å². The molecule has 3 heterocycles. The van der Waals surface area contributed by atoms with Gasteiger partial charge < -0.3 is 14.4 Å². The highest BCUT2D eigenvalue weighted by Crippen LogP contribution is 2.34. The van der Waals surface area contributed by atoms with E-state index in [1.165, 1.54) is 32.4 Å². The van der Waals surface area contributed by atoms with Gasteiger partial charge in [-0.15, -0.1) is 0 Å². The predicted molar refractivity (Wildman–Crippen MR) is 148 cm³/mol. The van der Waals surface area contributed by atoms with Crippen molar-refractivity contribution in [1.82, 2.24) is 9.47 Å². The molecule has 2 aliphatic rings. The summed E-state index contributed by atoms with van der Waals surface area (Å²) in [6.07, 6.45) is 5.65. The number of likely N-dealkylation sites (tertiary alicyclic amines) is 1. The zero-order valence-corrected chi connectivity index (χ0v) is 21.3. The molecule has 4 aromatic rings. The van der Waals surface area contributed by atoms with Crippen molar-refractivity contribution in [1.29, 1.82) is 0 Å². The summed E-state index contributed by atoms with van der Waals surface area (Å²) < 4.78 is 13.4. The van der Waals surface area contributed by atoms with Crippen LogP contribution in [0.1, 0.15) is 24.8 Å². The summed E-state index contributed by atoms with van der Waals surface area (Å²) in [5, 5.41) is 1.52. The third-order valence-corrected chi connectivity index (χ3v) is 7.73. The van der Waals surface area contributed by atoms with Gasteiger partial charge in [0, 0.05) is 36.8 Å². The predicted octanol–water partition coefficient (Wildman–Crippen LogP) is 5.25. The van der Waals surface area contributed by atoms with Crippen molar-refractivity contribution in [3.63, 3.8) is 0 Å². The Labute approximate surface area is 217 Å². The smallest absolute Gasteiger partial charge is 0.262 e. The average Bonchev–Trinajstić information content (AvgIpc) is 3.65. The minimum Gasteiger partial charge on any atom is -0.495 e. The van der Waals surface area contributed by atoms with Gasteiger partial charge in [-0.2, -0.15) is 0 Å². The highest BCUT2D eigenvalue weighted by molar-refractivity contribution is 5.83. The van der Waals surface area contributed by atoms with E-state index in [0.717, 1.165) is 46.9 Å². The molecule has 0 bridgehead atoms. The summed E-state index contributed by atoms with van der Waals surface area (Å²) in [4.78, 5) is 18.5. The van der Waals surface area contributed by atoms with E-state index in [2.05, 4.69) is 15.9 Å². The zero-order valence-electron chi connectivity index (χ0n) is 21.3. The van der Waals surface area contributed by atoms with Crippen LogP contribution in [0.4, 0.5) is 5.69 Å². The van der Waals surface area contributed by atoms with Gasteiger partial charge in [0.05, 0.1) is 18.5 Å². The minimum absolute atomic E-state index is 0.0582. The summed E-state index contributed by atoms with van der Waals surface area (Å²) in [5.74, 6) is 1.55. The first-order valence-electron chi connectivity index (χ1n) is 13.2. The molecule has 6 nitrogen and oxygen atoms in total.